The first kappa shape index (κ1) is 17.5. The van der Waals surface area contributed by atoms with Gasteiger partial charge >= 0.3 is 5.97 Å². The number of carboxylic acid groups (broad SMARTS) is 1. The van der Waals surface area contributed by atoms with E-state index in [2.05, 4.69) is 30.6 Å². The number of rotatable bonds is 6. The van der Waals surface area contributed by atoms with Gasteiger partial charge < -0.3 is 10.1 Å². The van der Waals surface area contributed by atoms with E-state index in [0.29, 0.717) is 17.8 Å². The number of aliphatic carboxylic acids is 1. The number of hydrogen-bond acceptors (Lipinski definition) is 5. The fourth-order valence-electron chi connectivity index (χ4n) is 2.35. The third kappa shape index (κ3) is 3.82. The van der Waals surface area contributed by atoms with Crippen LogP contribution in [0, 0.1) is 0 Å². The second-order valence-electron chi connectivity index (χ2n) is 5.25. The number of allylic oxidation sites excluding steroid dienone is 1. The maximum absolute atomic E-state index is 12.4. The number of aromatic nitrogens is 2. The molecule has 128 valence electrons. The summed E-state index contributed by atoms with van der Waals surface area (Å²) >= 11 is 4.39. The van der Waals surface area contributed by atoms with Gasteiger partial charge in [-0.25, -0.2) is 13.4 Å². The van der Waals surface area contributed by atoms with Gasteiger partial charge in [-0.2, -0.15) is 4.72 Å². The highest BCUT2D eigenvalue weighted by atomic mass is 79.9. The van der Waals surface area contributed by atoms with Crippen molar-refractivity contribution < 1.29 is 18.3 Å². The molecule has 0 aliphatic carbocycles. The van der Waals surface area contributed by atoms with Crippen LogP contribution in [-0.4, -0.2) is 40.1 Å². The average molecular weight is 432 g/mol. The van der Waals surface area contributed by atoms with Crippen LogP contribution in [0.5, 0.6) is 0 Å². The Bertz CT molecular complexity index is 877. The lowest BCUT2D eigenvalue weighted by molar-refractivity contribution is -0.138. The molecule has 0 fully saturated rings. The molecule has 1 unspecified atom stereocenters. The largest absolute Gasteiger partial charge is 0.480 e. The molecule has 0 radical (unpaired) electrons. The molecule has 10 heteroatoms. The number of hydrogen-bond donors (Lipinski definition) is 3. The molecule has 3 rings (SSSR count). The van der Waals surface area contributed by atoms with Crippen molar-refractivity contribution in [1.82, 2.24) is 14.7 Å². The van der Waals surface area contributed by atoms with Gasteiger partial charge in [0.15, 0.2) is 0 Å². The molecule has 0 saturated heterocycles. The number of carbonyl (C=O) groups is 1. The summed E-state index contributed by atoms with van der Waals surface area (Å²) in [6.45, 7) is 0. The van der Waals surface area contributed by atoms with Crippen molar-refractivity contribution in [2.45, 2.75) is 23.5 Å². The van der Waals surface area contributed by atoms with Gasteiger partial charge in [-0.3, -0.25) is 4.79 Å². The lowest BCUT2D eigenvalue weighted by atomic mass is 10.2. The Hall–Kier alpha value is -1.36. The fourth-order valence-corrected chi connectivity index (χ4v) is 6.29. The molecule has 0 amide bonds. The second-order valence-corrected chi connectivity index (χ2v) is 10.1. The van der Waals surface area contributed by atoms with Crippen LogP contribution in [0.15, 0.2) is 34.2 Å². The Balaban J connectivity index is 1.76. The van der Waals surface area contributed by atoms with E-state index >= 15 is 0 Å². The number of para-hydroxylation sites is 2. The van der Waals surface area contributed by atoms with Crippen LogP contribution in [0.2, 0.25) is 0 Å². The zero-order valence-electron chi connectivity index (χ0n) is 12.3. The molecule has 2 aromatic rings. The number of fused-ring (bicyclic) bond motifs is 1. The van der Waals surface area contributed by atoms with Gasteiger partial charge in [0.25, 0.3) is 0 Å². The summed E-state index contributed by atoms with van der Waals surface area (Å²) in [5.41, 5.74) is 1.48. The van der Waals surface area contributed by atoms with Crippen LogP contribution in [0.1, 0.15) is 12.2 Å². The van der Waals surface area contributed by atoms with Crippen molar-refractivity contribution in [2.75, 3.05) is 0 Å². The number of halogens is 1. The second kappa shape index (κ2) is 6.87. The van der Waals surface area contributed by atoms with Gasteiger partial charge in [-0.15, -0.1) is 0 Å². The summed E-state index contributed by atoms with van der Waals surface area (Å²) in [5.74, 6) is -0.821. The minimum atomic E-state index is -3.78. The van der Waals surface area contributed by atoms with Crippen molar-refractivity contribution in [3.63, 3.8) is 0 Å². The predicted molar refractivity (Wildman–Crippen MR) is 96.3 cm³/mol. The van der Waals surface area contributed by atoms with E-state index in [4.69, 9.17) is 0 Å². The Labute approximate surface area is 151 Å². The van der Waals surface area contributed by atoms with Crippen LogP contribution in [0.4, 0.5) is 0 Å². The lowest BCUT2D eigenvalue weighted by Crippen LogP contribution is -2.45. The molecular weight excluding hydrogens is 418 g/mol. The van der Waals surface area contributed by atoms with Crippen molar-refractivity contribution in [1.29, 1.82) is 0 Å². The van der Waals surface area contributed by atoms with E-state index < -0.39 is 26.6 Å². The number of nitrogens with one attached hydrogen (secondary N) is 2. The van der Waals surface area contributed by atoms with Gasteiger partial charge in [-0.05, 0) is 34.5 Å². The van der Waals surface area contributed by atoms with E-state index in [1.54, 1.807) is 12.1 Å². The highest BCUT2D eigenvalue weighted by Crippen LogP contribution is 2.38. The monoisotopic (exact) mass is 431 g/mol. The quantitative estimate of drug-likeness (QED) is 0.645. The summed E-state index contributed by atoms with van der Waals surface area (Å²) in [7, 11) is -3.78. The molecule has 1 aliphatic heterocycles. The van der Waals surface area contributed by atoms with Crippen LogP contribution in [-0.2, 0) is 21.2 Å². The molecule has 0 bridgehead atoms. The average Bonchev–Trinajstić information content (AvgIpc) is 3.12. The molecule has 2 heterocycles. The summed E-state index contributed by atoms with van der Waals surface area (Å²) in [6.07, 6.45) is 2.02. The maximum Gasteiger partial charge on any atom is 0.322 e. The minimum absolute atomic E-state index is 0.0603. The van der Waals surface area contributed by atoms with E-state index in [0.717, 1.165) is 21.1 Å². The minimum Gasteiger partial charge on any atom is -0.480 e. The van der Waals surface area contributed by atoms with E-state index in [-0.39, 0.29) is 6.42 Å². The molecule has 1 aromatic heterocycles. The molecule has 1 aromatic carbocycles. The highest BCUT2D eigenvalue weighted by Gasteiger charge is 2.34. The third-order valence-corrected chi connectivity index (χ3v) is 7.78. The molecule has 7 nitrogen and oxygen atoms in total. The first-order valence-corrected chi connectivity index (χ1v) is 10.3. The topological polar surface area (TPSA) is 112 Å². The third-order valence-electron chi connectivity index (χ3n) is 3.50. The molecular formula is C14H14BrN3O4S2. The Morgan fingerprint density at radius 3 is 2.88 bits per heavy atom. The number of aromatic amines is 1. The highest BCUT2D eigenvalue weighted by molar-refractivity contribution is 9.14. The predicted octanol–water partition coefficient (Wildman–Crippen LogP) is 2.18. The lowest BCUT2D eigenvalue weighted by Gasteiger charge is -2.17. The SMILES string of the molecule is O=C(O)[C@H](Cc1nc2ccccc2[nH]1)NS(=O)(=O)C1CC=C(Br)S1. The van der Waals surface area contributed by atoms with Crippen LogP contribution in [0.3, 0.4) is 0 Å². The number of imidazole rings is 1. The standard InChI is InChI=1S/C14H14BrN3O4S2/c15-11-5-6-13(23-11)24(21,22)18-10(14(19)20)7-12-16-8-3-1-2-4-9(8)17-12/h1-5,10,13,18H,6-7H2,(H,16,17)(H,19,20)/t10-,13?/m0/s1. The van der Waals surface area contributed by atoms with Crippen LogP contribution >= 0.6 is 27.7 Å². The van der Waals surface area contributed by atoms with Gasteiger partial charge in [0, 0.05) is 10.2 Å². The molecule has 2 atom stereocenters. The van der Waals surface area contributed by atoms with E-state index in [9.17, 15) is 18.3 Å². The number of benzene rings is 1. The molecule has 24 heavy (non-hydrogen) atoms. The number of H-pyrrole nitrogens is 1. The Morgan fingerprint density at radius 1 is 1.50 bits per heavy atom. The zero-order chi connectivity index (χ0) is 17.3. The Kier molecular flexibility index (Phi) is 5.00. The number of carboxylic acids is 1. The molecule has 0 spiro atoms. The van der Waals surface area contributed by atoms with Gasteiger partial charge in [0.2, 0.25) is 10.0 Å². The first-order chi connectivity index (χ1) is 11.3. The van der Waals surface area contributed by atoms with Gasteiger partial charge in [0.05, 0.1) is 11.0 Å². The summed E-state index contributed by atoms with van der Waals surface area (Å²) in [6, 6.07) is 6.00. The number of sulfonamides is 1. The van der Waals surface area contributed by atoms with Crippen LogP contribution < -0.4 is 4.72 Å². The molecule has 1 aliphatic rings. The van der Waals surface area contributed by atoms with Gasteiger partial charge in [0.1, 0.15) is 16.4 Å². The molecule has 0 saturated carbocycles. The summed E-state index contributed by atoms with van der Waals surface area (Å²) in [5, 5.41) is 9.37. The number of thioether (sulfide) groups is 1. The summed E-state index contributed by atoms with van der Waals surface area (Å²) in [4.78, 5) is 18.8. The smallest absolute Gasteiger partial charge is 0.322 e. The van der Waals surface area contributed by atoms with Crippen molar-refractivity contribution in [2.24, 2.45) is 0 Å². The zero-order valence-corrected chi connectivity index (χ0v) is 15.5. The van der Waals surface area contributed by atoms with Crippen molar-refractivity contribution >= 4 is 54.7 Å². The van der Waals surface area contributed by atoms with E-state index in [1.807, 2.05) is 18.2 Å². The maximum atomic E-state index is 12.4. The van der Waals surface area contributed by atoms with Crippen molar-refractivity contribution in [3.8, 4) is 0 Å². The van der Waals surface area contributed by atoms with Gasteiger partial charge in [-0.1, -0.05) is 30.0 Å². The van der Waals surface area contributed by atoms with E-state index in [1.165, 1.54) is 0 Å². The summed E-state index contributed by atoms with van der Waals surface area (Å²) < 4.78 is 27.0. The Morgan fingerprint density at radius 2 is 2.25 bits per heavy atom. The fraction of sp³-hybridized carbons (Fsp3) is 0.286. The van der Waals surface area contributed by atoms with Crippen LogP contribution in [0.25, 0.3) is 11.0 Å². The molecule has 3 N–H and O–H groups in total. The van der Waals surface area contributed by atoms with Crippen molar-refractivity contribution in [3.05, 3.63) is 40.0 Å². The normalized spacial score (nSPS) is 19.4. The first-order valence-electron chi connectivity index (χ1n) is 7.05. The number of nitrogens with zero attached hydrogens (tertiary/aromatic N) is 1.